The molecule has 1 amide bonds. The molecule has 5 rings (SSSR count). The number of para-hydroxylation sites is 1. The van der Waals surface area contributed by atoms with Gasteiger partial charge < -0.3 is 9.84 Å². The highest BCUT2D eigenvalue weighted by molar-refractivity contribution is 5.84. The Labute approximate surface area is 269 Å². The molecule has 4 nitrogen and oxygen atoms in total. The number of carbonyl (C=O) groups excluding carboxylic acids is 1. The average molecular weight is 606 g/mol. The van der Waals surface area contributed by atoms with Crippen molar-refractivity contribution in [3.63, 3.8) is 0 Å². The van der Waals surface area contributed by atoms with Gasteiger partial charge in [-0.15, -0.1) is 0 Å². The Morgan fingerprint density at radius 2 is 1.77 bits per heavy atom. The molecule has 0 heterocycles. The molecule has 1 aromatic rings. The molecule has 246 valence electrons. The molecule has 0 spiro atoms. The largest absolute Gasteiger partial charge is 0.416 e. The molecule has 2 unspecified atom stereocenters. The van der Waals surface area contributed by atoms with Gasteiger partial charge >= 0.3 is 6.09 Å². The van der Waals surface area contributed by atoms with E-state index in [0.29, 0.717) is 23.4 Å². The zero-order valence-electron chi connectivity index (χ0n) is 28.9. The predicted octanol–water partition coefficient (Wildman–Crippen LogP) is 11.2. The summed E-state index contributed by atoms with van der Waals surface area (Å²) in [5.74, 6) is 3.19. The first kappa shape index (κ1) is 33.6. The molecule has 0 bridgehead atoms. The van der Waals surface area contributed by atoms with Gasteiger partial charge in [0.2, 0.25) is 5.79 Å². The summed E-state index contributed by atoms with van der Waals surface area (Å²) >= 11 is 0. The first-order valence-electron chi connectivity index (χ1n) is 18.5. The molecule has 4 aliphatic carbocycles. The molecule has 2 N–H and O–H groups in total. The second-order valence-corrected chi connectivity index (χ2v) is 16.4. The van der Waals surface area contributed by atoms with Crippen molar-refractivity contribution in [2.24, 2.45) is 52.3 Å². The lowest BCUT2D eigenvalue weighted by Gasteiger charge is -2.60. The Morgan fingerprint density at radius 3 is 2.50 bits per heavy atom. The van der Waals surface area contributed by atoms with E-state index in [4.69, 9.17) is 4.74 Å². The van der Waals surface area contributed by atoms with Crippen LogP contribution in [-0.4, -0.2) is 17.0 Å². The van der Waals surface area contributed by atoms with E-state index in [1.165, 1.54) is 69.8 Å². The van der Waals surface area contributed by atoms with Crippen LogP contribution in [0.15, 0.2) is 42.0 Å². The number of benzene rings is 1. The van der Waals surface area contributed by atoms with Crippen molar-refractivity contribution < 1.29 is 14.6 Å². The molecular formula is C40H63NO3. The summed E-state index contributed by atoms with van der Waals surface area (Å²) in [6, 6.07) is 9.42. The Bertz CT molecular complexity index is 1130. The van der Waals surface area contributed by atoms with Gasteiger partial charge in [0.15, 0.2) is 0 Å². The monoisotopic (exact) mass is 605 g/mol. The smallest absolute Gasteiger partial charge is 0.414 e. The number of fused-ring (bicyclic) bond motifs is 5. The summed E-state index contributed by atoms with van der Waals surface area (Å²) in [7, 11) is 0. The quantitative estimate of drug-likeness (QED) is 0.142. The van der Waals surface area contributed by atoms with E-state index in [-0.39, 0.29) is 11.3 Å². The van der Waals surface area contributed by atoms with Crippen LogP contribution >= 0.6 is 0 Å². The standard InChI is InChI=1S/C40H63NO3/c1-7-8-9-11-17-31-26-39(6)30(27-40(31,43)44-37(42)41-32-18-12-10-13-19-32)20-21-33-35-23-22-34(29(4)16-14-15-28(2)3)38(35,5)25-24-36(33)39/h10,12-13,18-20,28-29,31,33-36,43H,7-9,11,14-17,21-27H2,1-6H3,(H,41,42)/t29-,31?,33+,34-,35+,36+,38-,39+,40?/m1/s1. The van der Waals surface area contributed by atoms with E-state index in [9.17, 15) is 9.90 Å². The number of rotatable bonds is 12. The molecule has 9 atom stereocenters. The zero-order valence-corrected chi connectivity index (χ0v) is 28.9. The Kier molecular flexibility index (Phi) is 10.6. The van der Waals surface area contributed by atoms with Crippen LogP contribution < -0.4 is 5.32 Å². The molecule has 0 radical (unpaired) electrons. The van der Waals surface area contributed by atoms with Crippen LogP contribution in [0.3, 0.4) is 0 Å². The number of carbonyl (C=O) groups is 1. The first-order valence-corrected chi connectivity index (χ1v) is 18.5. The number of anilines is 1. The SMILES string of the molecule is CCCCCCC1C[C@@]2(C)C(=CC[C@H]3[C@@H]4CC[C@H]([C@H](C)CCCC(C)C)[C@@]4(C)CC[C@@H]32)CC1(O)OC(=O)Nc1ccccc1. The van der Waals surface area contributed by atoms with Gasteiger partial charge in [-0.2, -0.15) is 0 Å². The summed E-state index contributed by atoms with van der Waals surface area (Å²) in [5, 5.41) is 15.0. The maximum Gasteiger partial charge on any atom is 0.414 e. The van der Waals surface area contributed by atoms with Crippen molar-refractivity contribution >= 4 is 11.8 Å². The van der Waals surface area contributed by atoms with Gasteiger partial charge in [0.05, 0.1) is 0 Å². The molecule has 0 aromatic heterocycles. The number of unbranched alkanes of at least 4 members (excludes halogenated alkanes) is 3. The van der Waals surface area contributed by atoms with E-state index in [1.54, 1.807) is 0 Å². The molecular weight excluding hydrogens is 542 g/mol. The van der Waals surface area contributed by atoms with Crippen LogP contribution in [0, 0.1) is 52.3 Å². The van der Waals surface area contributed by atoms with Crippen LogP contribution in [0.1, 0.15) is 138 Å². The molecule has 3 fully saturated rings. The van der Waals surface area contributed by atoms with Crippen LogP contribution in [0.4, 0.5) is 10.5 Å². The lowest BCUT2D eigenvalue weighted by molar-refractivity contribution is -0.224. The highest BCUT2D eigenvalue weighted by Gasteiger charge is 2.62. The second kappa shape index (κ2) is 13.9. The van der Waals surface area contributed by atoms with Gasteiger partial charge in [-0.05, 0) is 103 Å². The molecule has 4 aliphatic rings. The first-order chi connectivity index (χ1) is 21.0. The third-order valence-electron chi connectivity index (χ3n) is 13.3. The zero-order chi connectivity index (χ0) is 31.5. The number of aliphatic hydroxyl groups is 1. The van der Waals surface area contributed by atoms with Gasteiger partial charge in [0.25, 0.3) is 0 Å². The molecule has 4 heteroatoms. The van der Waals surface area contributed by atoms with Crippen LogP contribution in [0.5, 0.6) is 0 Å². The molecule has 44 heavy (non-hydrogen) atoms. The average Bonchev–Trinajstić information content (AvgIpc) is 3.33. The van der Waals surface area contributed by atoms with Gasteiger partial charge in [-0.1, -0.05) is 116 Å². The molecule has 3 saturated carbocycles. The number of amides is 1. The van der Waals surface area contributed by atoms with Crippen molar-refractivity contribution in [1.29, 1.82) is 0 Å². The number of allylic oxidation sites excluding steroid dienone is 1. The predicted molar refractivity (Wildman–Crippen MR) is 182 cm³/mol. The summed E-state index contributed by atoms with van der Waals surface area (Å²) in [6.07, 6.45) is 19.6. The van der Waals surface area contributed by atoms with Crippen molar-refractivity contribution in [3.05, 3.63) is 42.0 Å². The highest BCUT2D eigenvalue weighted by atomic mass is 16.7. The summed E-state index contributed by atoms with van der Waals surface area (Å²) in [4.78, 5) is 13.1. The number of nitrogens with one attached hydrogen (secondary N) is 1. The lowest BCUT2D eigenvalue weighted by Crippen LogP contribution is -2.56. The van der Waals surface area contributed by atoms with Gasteiger partial charge in [0, 0.05) is 18.0 Å². The fraction of sp³-hybridized carbons (Fsp3) is 0.775. The van der Waals surface area contributed by atoms with Gasteiger partial charge in [-0.25, -0.2) is 4.79 Å². The van der Waals surface area contributed by atoms with E-state index >= 15 is 0 Å². The molecule has 0 aliphatic heterocycles. The van der Waals surface area contributed by atoms with Crippen molar-refractivity contribution in [2.75, 3.05) is 5.32 Å². The Balaban J connectivity index is 1.33. The van der Waals surface area contributed by atoms with Crippen LogP contribution in [-0.2, 0) is 4.74 Å². The minimum absolute atomic E-state index is 0.0487. The second-order valence-electron chi connectivity index (χ2n) is 16.4. The van der Waals surface area contributed by atoms with E-state index < -0.39 is 11.9 Å². The third-order valence-corrected chi connectivity index (χ3v) is 13.3. The lowest BCUT2D eigenvalue weighted by atomic mass is 9.45. The topological polar surface area (TPSA) is 58.6 Å². The molecule has 0 saturated heterocycles. The van der Waals surface area contributed by atoms with Crippen LogP contribution in [0.2, 0.25) is 0 Å². The van der Waals surface area contributed by atoms with Crippen molar-refractivity contribution in [2.45, 2.75) is 144 Å². The van der Waals surface area contributed by atoms with Crippen molar-refractivity contribution in [1.82, 2.24) is 0 Å². The summed E-state index contributed by atoms with van der Waals surface area (Å²) in [5.41, 5.74) is 2.58. The van der Waals surface area contributed by atoms with Gasteiger partial charge in [0.1, 0.15) is 0 Å². The minimum atomic E-state index is -1.46. The highest BCUT2D eigenvalue weighted by Crippen LogP contribution is 2.68. The van der Waals surface area contributed by atoms with E-state index in [1.807, 2.05) is 30.3 Å². The maximum absolute atomic E-state index is 13.1. The van der Waals surface area contributed by atoms with E-state index in [0.717, 1.165) is 55.3 Å². The van der Waals surface area contributed by atoms with Crippen molar-refractivity contribution in [3.8, 4) is 0 Å². The fourth-order valence-electron chi connectivity index (χ4n) is 10.9. The minimum Gasteiger partial charge on any atom is -0.416 e. The normalized spacial score (nSPS) is 37.0. The van der Waals surface area contributed by atoms with Gasteiger partial charge in [-0.3, -0.25) is 5.32 Å². The maximum atomic E-state index is 13.1. The van der Waals surface area contributed by atoms with E-state index in [2.05, 4.69) is 52.9 Å². The number of hydrogen-bond donors (Lipinski definition) is 2. The summed E-state index contributed by atoms with van der Waals surface area (Å²) in [6.45, 7) is 14.7. The fourth-order valence-corrected chi connectivity index (χ4v) is 10.9. The summed E-state index contributed by atoms with van der Waals surface area (Å²) < 4.78 is 6.02. The third kappa shape index (κ3) is 6.81. The Morgan fingerprint density at radius 1 is 1.00 bits per heavy atom. The Hall–Kier alpha value is -1.81. The molecule has 1 aromatic carbocycles. The van der Waals surface area contributed by atoms with Crippen LogP contribution in [0.25, 0.3) is 0 Å². The number of ether oxygens (including phenoxy) is 1. The number of hydrogen-bond acceptors (Lipinski definition) is 3.